The summed E-state index contributed by atoms with van der Waals surface area (Å²) in [4.78, 5) is 31.9. The summed E-state index contributed by atoms with van der Waals surface area (Å²) in [7, 11) is 0. The minimum Gasteiger partial charge on any atom is -0.478 e. The van der Waals surface area contributed by atoms with E-state index in [2.05, 4.69) is 21.4 Å². The molecule has 0 aliphatic rings. The minimum absolute atomic E-state index is 0.0139. The Kier molecular flexibility index (Phi) is 5.72. The number of carboxylic acids is 1. The van der Waals surface area contributed by atoms with Crippen molar-refractivity contribution in [1.82, 2.24) is 9.97 Å². The van der Waals surface area contributed by atoms with Gasteiger partial charge in [0.1, 0.15) is 16.7 Å². The number of aromatic carboxylic acids is 1. The third-order valence-corrected chi connectivity index (χ3v) is 4.62. The van der Waals surface area contributed by atoms with E-state index in [4.69, 9.17) is 9.52 Å². The van der Waals surface area contributed by atoms with Crippen molar-refractivity contribution in [3.8, 4) is 17.7 Å². The second-order valence-electron chi connectivity index (χ2n) is 5.62. The van der Waals surface area contributed by atoms with Gasteiger partial charge in [-0.05, 0) is 37.3 Å². The molecule has 0 aliphatic carbocycles. The number of thioether (sulfide) groups is 1. The number of nitriles is 1. The van der Waals surface area contributed by atoms with E-state index in [-0.39, 0.29) is 17.2 Å². The molecule has 0 saturated carbocycles. The van der Waals surface area contributed by atoms with Gasteiger partial charge in [-0.1, -0.05) is 17.8 Å². The highest BCUT2D eigenvalue weighted by Crippen LogP contribution is 2.26. The first-order chi connectivity index (χ1) is 13.5. The Morgan fingerprint density at radius 3 is 2.79 bits per heavy atom. The summed E-state index contributed by atoms with van der Waals surface area (Å²) in [5, 5.41) is 21.4. The van der Waals surface area contributed by atoms with Crippen LogP contribution in [0.15, 0.2) is 52.1 Å². The van der Waals surface area contributed by atoms with Crippen LogP contribution < -0.4 is 5.32 Å². The highest BCUT2D eigenvalue weighted by atomic mass is 32.2. The molecule has 0 spiro atoms. The van der Waals surface area contributed by atoms with E-state index < -0.39 is 5.97 Å². The highest BCUT2D eigenvalue weighted by Gasteiger charge is 2.16. The summed E-state index contributed by atoms with van der Waals surface area (Å²) in [6, 6.07) is 11.4. The number of aryl methyl sites for hydroxylation is 1. The van der Waals surface area contributed by atoms with E-state index in [1.54, 1.807) is 31.2 Å². The van der Waals surface area contributed by atoms with Crippen LogP contribution in [-0.2, 0) is 4.79 Å². The molecule has 2 N–H and O–H groups in total. The monoisotopic (exact) mass is 394 g/mol. The molecule has 1 aromatic carbocycles. The number of nitrogens with one attached hydrogen (secondary N) is 1. The number of furan rings is 1. The van der Waals surface area contributed by atoms with E-state index in [1.807, 2.05) is 0 Å². The summed E-state index contributed by atoms with van der Waals surface area (Å²) >= 11 is 1.09. The van der Waals surface area contributed by atoms with E-state index in [0.717, 1.165) is 11.8 Å². The van der Waals surface area contributed by atoms with Crippen LogP contribution in [0.4, 0.5) is 5.69 Å². The second kappa shape index (κ2) is 8.37. The number of hydrogen-bond donors (Lipinski definition) is 2. The molecule has 3 rings (SSSR count). The van der Waals surface area contributed by atoms with Gasteiger partial charge in [0.15, 0.2) is 11.6 Å². The Labute approximate surface area is 164 Å². The zero-order chi connectivity index (χ0) is 20.1. The molecule has 0 atom stereocenters. The van der Waals surface area contributed by atoms with Gasteiger partial charge in [-0.15, -0.1) is 0 Å². The van der Waals surface area contributed by atoms with Gasteiger partial charge < -0.3 is 14.8 Å². The molecule has 9 heteroatoms. The van der Waals surface area contributed by atoms with Crippen molar-refractivity contribution < 1.29 is 19.1 Å². The van der Waals surface area contributed by atoms with Crippen LogP contribution in [-0.4, -0.2) is 32.7 Å². The molecule has 0 saturated heterocycles. The molecule has 1 amide bonds. The van der Waals surface area contributed by atoms with Crippen LogP contribution in [0.25, 0.3) is 11.6 Å². The summed E-state index contributed by atoms with van der Waals surface area (Å²) in [5.74, 6) is -0.652. The maximum absolute atomic E-state index is 12.2. The maximum atomic E-state index is 12.2. The average molecular weight is 394 g/mol. The minimum atomic E-state index is -1.08. The lowest BCUT2D eigenvalue weighted by molar-refractivity contribution is -0.113. The number of carbonyl (C=O) groups is 2. The molecule has 2 heterocycles. The molecule has 3 aromatic rings. The Morgan fingerprint density at radius 1 is 1.29 bits per heavy atom. The van der Waals surface area contributed by atoms with Gasteiger partial charge in [-0.2, -0.15) is 5.26 Å². The molecular formula is C19H14N4O4S. The summed E-state index contributed by atoms with van der Waals surface area (Å²) in [5.41, 5.74) is 1.23. The first-order valence-electron chi connectivity index (χ1n) is 8.06. The molecule has 8 nitrogen and oxygen atoms in total. The van der Waals surface area contributed by atoms with Gasteiger partial charge in [-0.25, -0.2) is 14.8 Å². The van der Waals surface area contributed by atoms with E-state index in [9.17, 15) is 14.9 Å². The van der Waals surface area contributed by atoms with Crippen LogP contribution in [0.3, 0.4) is 0 Å². The standard InChI is InChI=1S/C19H14N4O4S/c1-11-14(9-20)18(23-17(21-11)15-6-3-7-27-15)28-10-16(24)22-13-5-2-4-12(8-13)19(25)26/h2-8H,10H2,1H3,(H,22,24)(H,25,26). The second-order valence-corrected chi connectivity index (χ2v) is 6.59. The average Bonchev–Trinajstić information content (AvgIpc) is 3.21. The van der Waals surface area contributed by atoms with Gasteiger partial charge in [0.05, 0.1) is 23.3 Å². The molecule has 28 heavy (non-hydrogen) atoms. The molecule has 0 fully saturated rings. The highest BCUT2D eigenvalue weighted by molar-refractivity contribution is 8.00. The zero-order valence-corrected chi connectivity index (χ0v) is 15.5. The number of rotatable bonds is 6. The van der Waals surface area contributed by atoms with Crippen LogP contribution in [0.5, 0.6) is 0 Å². The number of nitrogens with zero attached hydrogens (tertiary/aromatic N) is 3. The van der Waals surface area contributed by atoms with Crippen LogP contribution >= 0.6 is 11.8 Å². The van der Waals surface area contributed by atoms with Crippen molar-refractivity contribution >= 4 is 29.3 Å². The normalized spacial score (nSPS) is 10.3. The lowest BCUT2D eigenvalue weighted by Gasteiger charge is -2.08. The first kappa shape index (κ1) is 19.1. The Morgan fingerprint density at radius 2 is 2.11 bits per heavy atom. The fraction of sp³-hybridized carbons (Fsp3) is 0.105. The van der Waals surface area contributed by atoms with Crippen molar-refractivity contribution in [1.29, 1.82) is 5.26 Å². The Balaban J connectivity index is 1.75. The number of anilines is 1. The van der Waals surface area contributed by atoms with Gasteiger partial charge >= 0.3 is 5.97 Å². The smallest absolute Gasteiger partial charge is 0.335 e. The molecule has 2 aromatic heterocycles. The lowest BCUT2D eigenvalue weighted by atomic mass is 10.2. The molecule has 0 aliphatic heterocycles. The number of amides is 1. The van der Waals surface area contributed by atoms with Crippen molar-refractivity contribution in [3.05, 3.63) is 59.5 Å². The molecular weight excluding hydrogens is 380 g/mol. The fourth-order valence-corrected chi connectivity index (χ4v) is 3.19. The molecule has 0 bridgehead atoms. The number of aromatic nitrogens is 2. The van der Waals surface area contributed by atoms with Crippen molar-refractivity contribution in [2.45, 2.75) is 11.9 Å². The predicted molar refractivity (Wildman–Crippen MR) is 102 cm³/mol. The Bertz CT molecular complexity index is 1070. The largest absolute Gasteiger partial charge is 0.478 e. The number of hydrogen-bond acceptors (Lipinski definition) is 7. The Hall–Kier alpha value is -3.64. The van der Waals surface area contributed by atoms with E-state index in [0.29, 0.717) is 33.6 Å². The lowest BCUT2D eigenvalue weighted by Crippen LogP contribution is -2.15. The fourth-order valence-electron chi connectivity index (χ4n) is 2.36. The summed E-state index contributed by atoms with van der Waals surface area (Å²) in [6.07, 6.45) is 1.50. The van der Waals surface area contributed by atoms with Gasteiger partial charge in [-0.3, -0.25) is 4.79 Å². The van der Waals surface area contributed by atoms with Crippen molar-refractivity contribution in [3.63, 3.8) is 0 Å². The maximum Gasteiger partial charge on any atom is 0.335 e. The van der Waals surface area contributed by atoms with Gasteiger partial charge in [0, 0.05) is 5.69 Å². The SMILES string of the molecule is Cc1nc(-c2ccco2)nc(SCC(=O)Nc2cccc(C(=O)O)c2)c1C#N. The predicted octanol–water partition coefficient (Wildman–Crippen LogP) is 3.35. The first-order valence-corrected chi connectivity index (χ1v) is 9.05. The van der Waals surface area contributed by atoms with Crippen LogP contribution in [0.1, 0.15) is 21.6 Å². The third kappa shape index (κ3) is 4.36. The molecule has 0 unspecified atom stereocenters. The third-order valence-electron chi connectivity index (χ3n) is 3.64. The van der Waals surface area contributed by atoms with Crippen molar-refractivity contribution in [2.75, 3.05) is 11.1 Å². The molecule has 140 valence electrons. The van der Waals surface area contributed by atoms with Crippen LogP contribution in [0.2, 0.25) is 0 Å². The number of carboxylic acid groups (broad SMARTS) is 1. The summed E-state index contributed by atoms with van der Waals surface area (Å²) in [6.45, 7) is 1.69. The quantitative estimate of drug-likeness (QED) is 0.481. The van der Waals surface area contributed by atoms with E-state index >= 15 is 0 Å². The zero-order valence-electron chi connectivity index (χ0n) is 14.7. The number of carbonyl (C=O) groups excluding carboxylic acids is 1. The van der Waals surface area contributed by atoms with E-state index in [1.165, 1.54) is 18.4 Å². The number of benzene rings is 1. The van der Waals surface area contributed by atoms with Crippen molar-refractivity contribution in [2.24, 2.45) is 0 Å². The van der Waals surface area contributed by atoms with Crippen LogP contribution in [0, 0.1) is 18.3 Å². The van der Waals surface area contributed by atoms with Gasteiger partial charge in [0.25, 0.3) is 0 Å². The molecule has 0 radical (unpaired) electrons. The summed E-state index contributed by atoms with van der Waals surface area (Å²) < 4.78 is 5.29. The van der Waals surface area contributed by atoms with Gasteiger partial charge in [0.2, 0.25) is 5.91 Å². The topological polar surface area (TPSA) is 129 Å².